The molecule has 2 fully saturated rings. The lowest BCUT2D eigenvalue weighted by atomic mass is 10.0. The first-order valence-corrected chi connectivity index (χ1v) is 10.1. The summed E-state index contributed by atoms with van der Waals surface area (Å²) in [6, 6.07) is 3.40. The van der Waals surface area contributed by atoms with Crippen molar-refractivity contribution in [1.29, 1.82) is 0 Å². The Balaban J connectivity index is 1.34. The van der Waals surface area contributed by atoms with Crippen LogP contribution in [0.25, 0.3) is 0 Å². The molecule has 3 heterocycles. The van der Waals surface area contributed by atoms with Crippen molar-refractivity contribution >= 4 is 23.6 Å². The molecule has 1 aromatic rings. The molecule has 4 rings (SSSR count). The van der Waals surface area contributed by atoms with E-state index in [1.54, 1.807) is 12.1 Å². The summed E-state index contributed by atoms with van der Waals surface area (Å²) in [5.74, 6) is -2.29. The standard InChI is InChI=1S/C20H21F3N4O5/c21-20(22,23)15-8-25-11(9-32-15)7-24-6-10-1-2-12-13(5-10)19(31)27(18(12)30)14-3-4-16(28)26-17(14)29/h1-2,5,11,14-15,24-25H,3-4,6-9H2,(H,26,28,29). The number of imide groups is 2. The molecule has 32 heavy (non-hydrogen) atoms. The maximum atomic E-state index is 12.8. The molecule has 1 aromatic carbocycles. The van der Waals surface area contributed by atoms with E-state index >= 15 is 0 Å². The molecule has 0 spiro atoms. The molecule has 3 atom stereocenters. The summed E-state index contributed by atoms with van der Waals surface area (Å²) < 4.78 is 42.7. The number of carbonyl (C=O) groups excluding carboxylic acids is 4. The van der Waals surface area contributed by atoms with E-state index in [1.807, 2.05) is 0 Å². The Morgan fingerprint density at radius 3 is 2.53 bits per heavy atom. The van der Waals surface area contributed by atoms with Crippen LogP contribution in [0.3, 0.4) is 0 Å². The molecule has 0 aromatic heterocycles. The lowest BCUT2D eigenvalue weighted by Crippen LogP contribution is -2.54. The van der Waals surface area contributed by atoms with Crippen LogP contribution < -0.4 is 16.0 Å². The van der Waals surface area contributed by atoms with Crippen LogP contribution in [0.5, 0.6) is 0 Å². The van der Waals surface area contributed by atoms with Gasteiger partial charge >= 0.3 is 6.18 Å². The van der Waals surface area contributed by atoms with Crippen LogP contribution in [-0.4, -0.2) is 72.6 Å². The molecule has 12 heteroatoms. The SMILES string of the molecule is O=C1CCC(N2C(=O)c3ccc(CNCC4COC(C(F)(F)F)CN4)cc3C2=O)C(=O)N1. The Morgan fingerprint density at radius 1 is 1.12 bits per heavy atom. The van der Waals surface area contributed by atoms with Gasteiger partial charge in [-0.25, -0.2) is 0 Å². The minimum absolute atomic E-state index is 0.0433. The summed E-state index contributed by atoms with van der Waals surface area (Å²) in [6.45, 7) is 0.252. The second kappa shape index (κ2) is 8.60. The minimum Gasteiger partial charge on any atom is -0.366 e. The summed E-state index contributed by atoms with van der Waals surface area (Å²) in [7, 11) is 0. The summed E-state index contributed by atoms with van der Waals surface area (Å²) in [5, 5.41) is 8.03. The third-order valence-electron chi connectivity index (χ3n) is 5.68. The van der Waals surface area contributed by atoms with Gasteiger partial charge in [0.15, 0.2) is 6.10 Å². The summed E-state index contributed by atoms with van der Waals surface area (Å²) in [4.78, 5) is 49.8. The van der Waals surface area contributed by atoms with Crippen LogP contribution >= 0.6 is 0 Å². The first-order chi connectivity index (χ1) is 15.1. The van der Waals surface area contributed by atoms with Gasteiger partial charge in [0.2, 0.25) is 11.8 Å². The van der Waals surface area contributed by atoms with Crippen LogP contribution in [0.1, 0.15) is 39.1 Å². The fourth-order valence-corrected chi connectivity index (χ4v) is 3.98. The van der Waals surface area contributed by atoms with Gasteiger partial charge in [0.25, 0.3) is 11.8 Å². The van der Waals surface area contributed by atoms with E-state index in [0.717, 1.165) is 4.90 Å². The number of ether oxygens (including phenoxy) is 1. The van der Waals surface area contributed by atoms with Crippen LogP contribution in [0.2, 0.25) is 0 Å². The van der Waals surface area contributed by atoms with Crippen molar-refractivity contribution in [2.45, 2.75) is 43.8 Å². The number of rotatable bonds is 5. The van der Waals surface area contributed by atoms with Crippen molar-refractivity contribution in [2.75, 3.05) is 19.7 Å². The maximum absolute atomic E-state index is 12.8. The highest BCUT2D eigenvalue weighted by molar-refractivity contribution is 6.23. The summed E-state index contributed by atoms with van der Waals surface area (Å²) >= 11 is 0. The summed E-state index contributed by atoms with van der Waals surface area (Å²) in [6.07, 6.45) is -6.09. The molecule has 3 unspecified atom stereocenters. The normalized spacial score (nSPS) is 26.3. The van der Waals surface area contributed by atoms with Crippen molar-refractivity contribution in [2.24, 2.45) is 0 Å². The largest absolute Gasteiger partial charge is 0.415 e. The highest BCUT2D eigenvalue weighted by atomic mass is 19.4. The number of benzene rings is 1. The average molecular weight is 454 g/mol. The number of alkyl halides is 3. The number of nitrogens with zero attached hydrogens (tertiary/aromatic N) is 1. The zero-order chi connectivity index (χ0) is 23.0. The van der Waals surface area contributed by atoms with Crippen molar-refractivity contribution < 1.29 is 37.1 Å². The van der Waals surface area contributed by atoms with Crippen molar-refractivity contribution in [3.8, 4) is 0 Å². The molecule has 4 amide bonds. The number of amides is 4. The number of fused-ring (bicyclic) bond motifs is 1. The molecule has 0 bridgehead atoms. The lowest BCUT2D eigenvalue weighted by molar-refractivity contribution is -0.228. The van der Waals surface area contributed by atoms with Crippen LogP contribution in [0.15, 0.2) is 18.2 Å². The molecule has 3 aliphatic rings. The topological polar surface area (TPSA) is 117 Å². The summed E-state index contributed by atoms with van der Waals surface area (Å²) in [5.41, 5.74) is 1.05. The molecular formula is C20H21F3N4O5. The lowest BCUT2D eigenvalue weighted by Gasteiger charge is -2.31. The van der Waals surface area contributed by atoms with E-state index in [4.69, 9.17) is 4.74 Å². The van der Waals surface area contributed by atoms with Gasteiger partial charge in [0.1, 0.15) is 6.04 Å². The molecule has 9 nitrogen and oxygen atoms in total. The quantitative estimate of drug-likeness (QED) is 0.541. The van der Waals surface area contributed by atoms with E-state index in [9.17, 15) is 32.3 Å². The Hall–Kier alpha value is -2.83. The fourth-order valence-electron chi connectivity index (χ4n) is 3.98. The number of piperidine rings is 1. The third-order valence-corrected chi connectivity index (χ3v) is 5.68. The molecule has 0 aliphatic carbocycles. The fraction of sp³-hybridized carbons (Fsp3) is 0.500. The van der Waals surface area contributed by atoms with Crippen LogP contribution in [0.4, 0.5) is 13.2 Å². The first-order valence-electron chi connectivity index (χ1n) is 10.1. The molecule has 3 aliphatic heterocycles. The van der Waals surface area contributed by atoms with Crippen LogP contribution in [0, 0.1) is 0 Å². The van der Waals surface area contributed by atoms with Gasteiger partial charge in [-0.3, -0.25) is 29.4 Å². The number of hydrogen-bond acceptors (Lipinski definition) is 7. The highest BCUT2D eigenvalue weighted by Gasteiger charge is 2.45. The minimum atomic E-state index is -4.40. The molecule has 3 N–H and O–H groups in total. The van der Waals surface area contributed by atoms with Crippen molar-refractivity contribution in [3.63, 3.8) is 0 Å². The number of morpholine rings is 1. The van der Waals surface area contributed by atoms with E-state index in [2.05, 4.69) is 16.0 Å². The van der Waals surface area contributed by atoms with Gasteiger partial charge in [-0.1, -0.05) is 6.07 Å². The molecule has 2 saturated heterocycles. The first kappa shape index (κ1) is 22.4. The van der Waals surface area contributed by atoms with Gasteiger partial charge in [-0.2, -0.15) is 13.2 Å². The second-order valence-corrected chi connectivity index (χ2v) is 7.93. The average Bonchev–Trinajstić information content (AvgIpc) is 2.98. The smallest absolute Gasteiger partial charge is 0.366 e. The third kappa shape index (κ3) is 4.38. The van der Waals surface area contributed by atoms with E-state index in [1.165, 1.54) is 6.07 Å². The van der Waals surface area contributed by atoms with Crippen molar-refractivity contribution in [3.05, 3.63) is 34.9 Å². The number of halogens is 3. The van der Waals surface area contributed by atoms with Gasteiger partial charge in [-0.05, 0) is 24.1 Å². The molecule has 172 valence electrons. The van der Waals surface area contributed by atoms with Crippen LogP contribution in [-0.2, 0) is 20.9 Å². The Kier molecular flexibility index (Phi) is 6.01. The zero-order valence-corrected chi connectivity index (χ0v) is 16.8. The second-order valence-electron chi connectivity index (χ2n) is 7.93. The maximum Gasteiger partial charge on any atom is 0.415 e. The van der Waals surface area contributed by atoms with E-state index in [-0.39, 0.29) is 43.2 Å². The van der Waals surface area contributed by atoms with Gasteiger partial charge in [-0.15, -0.1) is 0 Å². The Morgan fingerprint density at radius 2 is 1.88 bits per heavy atom. The highest BCUT2D eigenvalue weighted by Crippen LogP contribution is 2.28. The molecule has 0 saturated carbocycles. The van der Waals surface area contributed by atoms with Gasteiger partial charge < -0.3 is 15.4 Å². The van der Waals surface area contributed by atoms with E-state index in [0.29, 0.717) is 18.7 Å². The monoisotopic (exact) mass is 454 g/mol. The van der Waals surface area contributed by atoms with E-state index < -0.39 is 42.0 Å². The zero-order valence-electron chi connectivity index (χ0n) is 16.8. The predicted octanol–water partition coefficient (Wildman–Crippen LogP) is 0.0967. The molecule has 0 radical (unpaired) electrons. The van der Waals surface area contributed by atoms with Gasteiger partial charge in [0.05, 0.1) is 17.7 Å². The Labute approximate surface area is 180 Å². The molecular weight excluding hydrogens is 433 g/mol. The number of hydrogen-bond donors (Lipinski definition) is 3. The number of carbonyl (C=O) groups is 4. The van der Waals surface area contributed by atoms with Crippen molar-refractivity contribution in [1.82, 2.24) is 20.9 Å². The predicted molar refractivity (Wildman–Crippen MR) is 102 cm³/mol. The Bertz CT molecular complexity index is 959. The van der Waals surface area contributed by atoms with Gasteiger partial charge in [0, 0.05) is 32.1 Å². The number of nitrogens with one attached hydrogen (secondary N) is 3.